The number of pyridine rings is 2. The molecule has 2 aromatic rings. The van der Waals surface area contributed by atoms with Crippen LogP contribution >= 0.6 is 0 Å². The first-order valence-corrected chi connectivity index (χ1v) is 9.00. The summed E-state index contributed by atoms with van der Waals surface area (Å²) in [4.78, 5) is 7.49. The second-order valence-electron chi connectivity index (χ2n) is 4.45. The Morgan fingerprint density at radius 1 is 0.708 bits per heavy atom. The van der Waals surface area contributed by atoms with Gasteiger partial charge in [0, 0.05) is 24.8 Å². The Morgan fingerprint density at radius 2 is 1.00 bits per heavy atom. The first-order chi connectivity index (χ1) is 11.2. The summed E-state index contributed by atoms with van der Waals surface area (Å²) in [5, 5.41) is 0. The van der Waals surface area contributed by atoms with Crippen LogP contribution in [0.1, 0.15) is 23.3 Å². The lowest BCUT2D eigenvalue weighted by atomic mass is 10.0. The molecule has 0 amide bonds. The van der Waals surface area contributed by atoms with Gasteiger partial charge in [0.25, 0.3) is 0 Å². The minimum absolute atomic E-state index is 0.132. The predicted octanol–water partition coefficient (Wildman–Crippen LogP) is 0.898. The number of hydrogen-bond acceptors (Lipinski definition) is 8. The monoisotopic (exact) mass is 376 g/mol. The molecule has 2 heterocycles. The van der Waals surface area contributed by atoms with Crippen LogP contribution in [0.25, 0.3) is 0 Å². The van der Waals surface area contributed by atoms with Crippen molar-refractivity contribution < 1.29 is 34.3 Å². The average molecular weight is 376 g/mol. The molecule has 0 fully saturated rings. The number of aromatic nitrogens is 2. The van der Waals surface area contributed by atoms with E-state index in [0.29, 0.717) is 0 Å². The molecule has 24 heavy (non-hydrogen) atoms. The summed E-state index contributed by atoms with van der Waals surface area (Å²) in [7, 11) is -9.95. The van der Waals surface area contributed by atoms with E-state index in [1.165, 1.54) is 49.1 Å². The van der Waals surface area contributed by atoms with E-state index < -0.39 is 33.0 Å². The Bertz CT molecular complexity index is 796. The zero-order valence-electron chi connectivity index (χ0n) is 11.8. The van der Waals surface area contributed by atoms with Gasteiger partial charge in [0.15, 0.2) is 0 Å². The summed E-state index contributed by atoms with van der Waals surface area (Å²) in [5.41, 5.74) is 0.265. The maximum absolute atomic E-state index is 11.2. The maximum atomic E-state index is 11.2. The highest BCUT2D eigenvalue weighted by Gasteiger charge is 2.34. The SMILES string of the molecule is O=S(=O)(O)OC(c1ccncc1)C(OS(=O)(=O)O)c1ccncc1. The molecule has 10 nitrogen and oxygen atoms in total. The summed E-state index contributed by atoms with van der Waals surface area (Å²) in [6.45, 7) is 0. The zero-order chi connectivity index (χ0) is 17.8. The molecule has 2 N–H and O–H groups in total. The second kappa shape index (κ2) is 7.29. The molecule has 0 aliphatic rings. The fraction of sp³-hybridized carbons (Fsp3) is 0.167. The molecule has 2 rings (SSSR count). The summed E-state index contributed by atoms with van der Waals surface area (Å²) >= 11 is 0. The molecule has 0 aliphatic carbocycles. The van der Waals surface area contributed by atoms with Gasteiger partial charge in [-0.3, -0.25) is 19.1 Å². The summed E-state index contributed by atoms with van der Waals surface area (Å²) < 4.78 is 71.7. The standard InChI is InChI=1S/C12H12N2O8S2/c15-23(16,17)21-11(9-1-5-13-6-2-9)12(22-24(18,19)20)10-3-7-14-8-4-10/h1-8,11-12H,(H,15,16,17)(H,18,19,20). The molecule has 0 aliphatic heterocycles. The van der Waals surface area contributed by atoms with Gasteiger partial charge >= 0.3 is 20.8 Å². The van der Waals surface area contributed by atoms with Crippen molar-refractivity contribution in [3.05, 3.63) is 60.2 Å². The van der Waals surface area contributed by atoms with Crippen molar-refractivity contribution in [2.45, 2.75) is 12.2 Å². The van der Waals surface area contributed by atoms with Crippen LogP contribution in [0.2, 0.25) is 0 Å². The molecule has 2 atom stereocenters. The fourth-order valence-corrected chi connectivity index (χ4v) is 2.88. The Hall–Kier alpha value is -1.96. The van der Waals surface area contributed by atoms with Crippen LogP contribution in [0, 0.1) is 0 Å². The van der Waals surface area contributed by atoms with Gasteiger partial charge in [0.2, 0.25) is 0 Å². The van der Waals surface area contributed by atoms with E-state index in [-0.39, 0.29) is 11.1 Å². The number of nitrogens with zero attached hydrogens (tertiary/aromatic N) is 2. The molecule has 0 bridgehead atoms. The van der Waals surface area contributed by atoms with Gasteiger partial charge < -0.3 is 0 Å². The van der Waals surface area contributed by atoms with Crippen molar-refractivity contribution in [1.82, 2.24) is 9.97 Å². The molecule has 0 saturated heterocycles. The molecule has 2 aromatic heterocycles. The van der Waals surface area contributed by atoms with Crippen molar-refractivity contribution in [3.63, 3.8) is 0 Å². The van der Waals surface area contributed by atoms with Crippen molar-refractivity contribution in [3.8, 4) is 0 Å². The van der Waals surface area contributed by atoms with E-state index in [4.69, 9.17) is 9.11 Å². The first kappa shape index (κ1) is 18.4. The third kappa shape index (κ3) is 5.59. The molecule has 0 spiro atoms. The maximum Gasteiger partial charge on any atom is 0.398 e. The van der Waals surface area contributed by atoms with E-state index in [1.54, 1.807) is 0 Å². The van der Waals surface area contributed by atoms with E-state index in [0.717, 1.165) is 0 Å². The predicted molar refractivity (Wildman–Crippen MR) is 79.2 cm³/mol. The lowest BCUT2D eigenvalue weighted by molar-refractivity contribution is 0.0444. The topological polar surface area (TPSA) is 153 Å². The highest BCUT2D eigenvalue weighted by Crippen LogP contribution is 2.36. The zero-order valence-corrected chi connectivity index (χ0v) is 13.5. The Kier molecular flexibility index (Phi) is 5.58. The smallest absolute Gasteiger partial charge is 0.265 e. The van der Waals surface area contributed by atoms with Gasteiger partial charge in [-0.15, -0.1) is 0 Å². The lowest BCUT2D eigenvalue weighted by Crippen LogP contribution is -2.23. The van der Waals surface area contributed by atoms with Crippen molar-refractivity contribution in [2.75, 3.05) is 0 Å². The highest BCUT2D eigenvalue weighted by atomic mass is 32.3. The Morgan fingerprint density at radius 3 is 1.25 bits per heavy atom. The Balaban J connectivity index is 2.55. The van der Waals surface area contributed by atoms with E-state index in [9.17, 15) is 16.8 Å². The minimum Gasteiger partial charge on any atom is -0.265 e. The average Bonchev–Trinajstić information content (AvgIpc) is 2.50. The van der Waals surface area contributed by atoms with Crippen molar-refractivity contribution >= 4 is 20.8 Å². The number of rotatable bonds is 7. The summed E-state index contributed by atoms with van der Waals surface area (Å²) in [6.07, 6.45) is 1.96. The van der Waals surface area contributed by atoms with Crippen LogP contribution in [0.3, 0.4) is 0 Å². The summed E-state index contributed by atoms with van der Waals surface area (Å²) in [6, 6.07) is 5.32. The normalized spacial score (nSPS) is 14.9. The third-order valence-corrected chi connectivity index (χ3v) is 3.70. The molecule has 2 unspecified atom stereocenters. The van der Waals surface area contributed by atoms with Gasteiger partial charge in [-0.1, -0.05) is 0 Å². The third-order valence-electron chi connectivity index (χ3n) is 2.79. The van der Waals surface area contributed by atoms with E-state index >= 15 is 0 Å². The summed E-state index contributed by atoms with van der Waals surface area (Å²) in [5.74, 6) is 0. The van der Waals surface area contributed by atoms with Crippen LogP contribution in [-0.4, -0.2) is 35.9 Å². The van der Waals surface area contributed by atoms with Crippen LogP contribution < -0.4 is 0 Å². The van der Waals surface area contributed by atoms with E-state index in [1.807, 2.05) is 0 Å². The molecule has 0 radical (unpaired) electrons. The van der Waals surface area contributed by atoms with Gasteiger partial charge in [-0.25, -0.2) is 8.37 Å². The number of hydrogen-bond donors (Lipinski definition) is 2. The second-order valence-corrected chi connectivity index (χ2v) is 6.55. The quantitative estimate of drug-likeness (QED) is 0.666. The Labute approximate surface area is 138 Å². The van der Waals surface area contributed by atoms with Gasteiger partial charge in [-0.2, -0.15) is 16.8 Å². The molecule has 0 aromatic carbocycles. The molecule has 12 heteroatoms. The molecule has 0 saturated carbocycles. The van der Waals surface area contributed by atoms with Crippen LogP contribution in [0.15, 0.2) is 49.1 Å². The molecule has 130 valence electrons. The van der Waals surface area contributed by atoms with Gasteiger partial charge in [0.1, 0.15) is 12.2 Å². The molecular weight excluding hydrogens is 364 g/mol. The lowest BCUT2D eigenvalue weighted by Gasteiger charge is -2.24. The first-order valence-electron chi connectivity index (χ1n) is 6.27. The minimum atomic E-state index is -4.97. The van der Waals surface area contributed by atoms with Crippen molar-refractivity contribution in [1.29, 1.82) is 0 Å². The van der Waals surface area contributed by atoms with Crippen LogP contribution in [0.4, 0.5) is 0 Å². The van der Waals surface area contributed by atoms with E-state index in [2.05, 4.69) is 18.3 Å². The van der Waals surface area contributed by atoms with Gasteiger partial charge in [0.05, 0.1) is 0 Å². The van der Waals surface area contributed by atoms with Crippen LogP contribution in [0.5, 0.6) is 0 Å². The highest BCUT2D eigenvalue weighted by molar-refractivity contribution is 7.81. The van der Waals surface area contributed by atoms with Crippen LogP contribution in [-0.2, 0) is 29.2 Å². The largest absolute Gasteiger partial charge is 0.398 e. The van der Waals surface area contributed by atoms with Crippen molar-refractivity contribution in [2.24, 2.45) is 0 Å². The molecular formula is C12H12N2O8S2. The fourth-order valence-electron chi connectivity index (χ4n) is 1.93. The van der Waals surface area contributed by atoms with Gasteiger partial charge in [-0.05, 0) is 35.4 Å².